The van der Waals surface area contributed by atoms with Crippen LogP contribution in [0, 0.1) is 5.82 Å². The molecule has 0 bridgehead atoms. The van der Waals surface area contributed by atoms with Gasteiger partial charge in [-0.3, -0.25) is 9.20 Å². The molecule has 0 aliphatic rings. The van der Waals surface area contributed by atoms with Crippen LogP contribution in [-0.2, 0) is 0 Å². The number of benzene rings is 2. The van der Waals surface area contributed by atoms with Crippen molar-refractivity contribution in [3.63, 3.8) is 0 Å². The van der Waals surface area contributed by atoms with Crippen molar-refractivity contribution < 1.29 is 19.0 Å². The van der Waals surface area contributed by atoms with Crippen LogP contribution in [0.1, 0.15) is 10.5 Å². The minimum absolute atomic E-state index is 0.000920. The van der Waals surface area contributed by atoms with Crippen LogP contribution in [0.2, 0.25) is 5.02 Å². The molecular formula is C19H12ClFN4O3. The van der Waals surface area contributed by atoms with Gasteiger partial charge in [0.25, 0.3) is 11.8 Å². The molecule has 9 heteroatoms. The van der Waals surface area contributed by atoms with E-state index in [-0.39, 0.29) is 28.1 Å². The van der Waals surface area contributed by atoms with Gasteiger partial charge in [0.05, 0.1) is 5.02 Å². The number of rotatable bonds is 4. The third-order valence-corrected chi connectivity index (χ3v) is 4.14. The maximum absolute atomic E-state index is 13.1. The highest BCUT2D eigenvalue weighted by molar-refractivity contribution is 6.32. The summed E-state index contributed by atoms with van der Waals surface area (Å²) in [6, 6.07) is 11.3. The van der Waals surface area contributed by atoms with Crippen LogP contribution in [0.15, 0.2) is 60.9 Å². The number of nitrogens with one attached hydrogen (secondary N) is 1. The summed E-state index contributed by atoms with van der Waals surface area (Å²) < 4.78 is 20.3. The first-order valence-corrected chi connectivity index (χ1v) is 8.45. The SMILES string of the molecule is O=C(Nc1ccc(Cl)c(O)c1)c1c(Oc2ccc(F)cc2)nc2ncccn12. The Hall–Kier alpha value is -3.65. The summed E-state index contributed by atoms with van der Waals surface area (Å²) in [6.45, 7) is 0. The average molecular weight is 399 g/mol. The van der Waals surface area contributed by atoms with Crippen LogP contribution >= 0.6 is 11.6 Å². The molecule has 0 radical (unpaired) electrons. The third kappa shape index (κ3) is 3.45. The summed E-state index contributed by atoms with van der Waals surface area (Å²) in [7, 11) is 0. The van der Waals surface area contributed by atoms with E-state index >= 15 is 0 Å². The highest BCUT2D eigenvalue weighted by atomic mass is 35.5. The number of hydrogen-bond donors (Lipinski definition) is 2. The third-order valence-electron chi connectivity index (χ3n) is 3.82. The second kappa shape index (κ2) is 7.16. The van der Waals surface area contributed by atoms with Gasteiger partial charge < -0.3 is 15.2 Å². The van der Waals surface area contributed by atoms with E-state index < -0.39 is 11.7 Å². The Bertz CT molecular complexity index is 1180. The summed E-state index contributed by atoms with van der Waals surface area (Å²) in [4.78, 5) is 21.2. The molecule has 4 aromatic rings. The number of carbonyl (C=O) groups excluding carboxylic acids is 1. The molecule has 0 fully saturated rings. The van der Waals surface area contributed by atoms with Crippen LogP contribution in [0.25, 0.3) is 5.78 Å². The van der Waals surface area contributed by atoms with Gasteiger partial charge >= 0.3 is 0 Å². The summed E-state index contributed by atoms with van der Waals surface area (Å²) in [5.74, 6) is -0.557. The first-order chi connectivity index (χ1) is 13.5. The van der Waals surface area contributed by atoms with E-state index in [2.05, 4.69) is 15.3 Å². The van der Waals surface area contributed by atoms with Crippen LogP contribution in [0.5, 0.6) is 17.4 Å². The van der Waals surface area contributed by atoms with E-state index in [4.69, 9.17) is 16.3 Å². The number of imidazole rings is 1. The maximum atomic E-state index is 13.1. The number of amides is 1. The standard InChI is InChI=1S/C19H12ClFN4O3/c20-14-7-4-12(10-15(14)26)23-17(27)16-18(24-19-22-8-1-9-25(16)19)28-13-5-2-11(21)3-6-13/h1-10,26H,(H,23,27). The Labute approximate surface area is 163 Å². The fourth-order valence-corrected chi connectivity index (χ4v) is 2.66. The molecule has 0 saturated carbocycles. The van der Waals surface area contributed by atoms with Gasteiger partial charge in [-0.05, 0) is 42.5 Å². The summed E-state index contributed by atoms with van der Waals surface area (Å²) in [5, 5.41) is 12.5. The highest BCUT2D eigenvalue weighted by Crippen LogP contribution is 2.29. The molecule has 28 heavy (non-hydrogen) atoms. The van der Waals surface area contributed by atoms with Crippen LogP contribution < -0.4 is 10.1 Å². The smallest absolute Gasteiger partial charge is 0.278 e. The normalized spacial score (nSPS) is 10.8. The van der Waals surface area contributed by atoms with E-state index in [1.807, 2.05) is 0 Å². The van der Waals surface area contributed by atoms with Crippen molar-refractivity contribution in [1.82, 2.24) is 14.4 Å². The fraction of sp³-hybridized carbons (Fsp3) is 0. The van der Waals surface area contributed by atoms with Gasteiger partial charge in [-0.1, -0.05) is 11.6 Å². The van der Waals surface area contributed by atoms with Crippen molar-refractivity contribution in [2.45, 2.75) is 0 Å². The van der Waals surface area contributed by atoms with Gasteiger partial charge in [-0.2, -0.15) is 4.98 Å². The van der Waals surface area contributed by atoms with E-state index in [0.29, 0.717) is 11.4 Å². The fourth-order valence-electron chi connectivity index (χ4n) is 2.54. The predicted octanol–water partition coefficient (Wildman–Crippen LogP) is 4.27. The lowest BCUT2D eigenvalue weighted by atomic mass is 10.3. The van der Waals surface area contributed by atoms with Crippen molar-refractivity contribution >= 4 is 29.0 Å². The van der Waals surface area contributed by atoms with E-state index in [1.165, 1.54) is 47.0 Å². The van der Waals surface area contributed by atoms with Gasteiger partial charge in [0.1, 0.15) is 17.3 Å². The number of phenols is 1. The lowest BCUT2D eigenvalue weighted by Crippen LogP contribution is -2.15. The van der Waals surface area contributed by atoms with Gasteiger partial charge in [0, 0.05) is 24.1 Å². The zero-order valence-electron chi connectivity index (χ0n) is 14.1. The quantitative estimate of drug-likeness (QED) is 0.536. The molecule has 0 unspecified atom stereocenters. The summed E-state index contributed by atoms with van der Waals surface area (Å²) in [5.41, 5.74) is 0.417. The van der Waals surface area contributed by atoms with E-state index in [9.17, 15) is 14.3 Å². The lowest BCUT2D eigenvalue weighted by Gasteiger charge is -2.08. The number of ether oxygens (including phenoxy) is 1. The van der Waals surface area contributed by atoms with Crippen molar-refractivity contribution in [2.75, 3.05) is 5.32 Å². The van der Waals surface area contributed by atoms with Gasteiger partial charge in [0.2, 0.25) is 5.78 Å². The number of fused-ring (bicyclic) bond motifs is 1. The number of nitrogens with zero attached hydrogens (tertiary/aromatic N) is 3. The summed E-state index contributed by atoms with van der Waals surface area (Å²) in [6.07, 6.45) is 3.14. The molecule has 2 aromatic heterocycles. The van der Waals surface area contributed by atoms with E-state index in [1.54, 1.807) is 18.3 Å². The van der Waals surface area contributed by atoms with Crippen molar-refractivity contribution in [2.24, 2.45) is 0 Å². The van der Waals surface area contributed by atoms with Crippen molar-refractivity contribution in [3.8, 4) is 17.4 Å². The Kier molecular flexibility index (Phi) is 4.54. The molecule has 2 aromatic carbocycles. The Morgan fingerprint density at radius 3 is 2.75 bits per heavy atom. The highest BCUT2D eigenvalue weighted by Gasteiger charge is 2.22. The van der Waals surface area contributed by atoms with Crippen LogP contribution in [0.4, 0.5) is 10.1 Å². The number of halogens is 2. The van der Waals surface area contributed by atoms with Gasteiger partial charge in [0.15, 0.2) is 5.69 Å². The number of hydrogen-bond acceptors (Lipinski definition) is 5. The zero-order valence-corrected chi connectivity index (χ0v) is 14.9. The minimum atomic E-state index is -0.542. The summed E-state index contributed by atoms with van der Waals surface area (Å²) >= 11 is 5.79. The monoisotopic (exact) mass is 398 g/mol. The number of phenolic OH excluding ortho intramolecular Hbond substituents is 1. The van der Waals surface area contributed by atoms with Crippen molar-refractivity contribution in [1.29, 1.82) is 0 Å². The second-order valence-electron chi connectivity index (χ2n) is 5.73. The molecule has 0 aliphatic heterocycles. The maximum Gasteiger partial charge on any atom is 0.278 e. The van der Waals surface area contributed by atoms with Crippen LogP contribution in [-0.4, -0.2) is 25.4 Å². The largest absolute Gasteiger partial charge is 0.506 e. The lowest BCUT2D eigenvalue weighted by molar-refractivity contribution is 0.101. The number of carbonyl (C=O) groups is 1. The van der Waals surface area contributed by atoms with Crippen LogP contribution in [0.3, 0.4) is 0 Å². The predicted molar refractivity (Wildman–Crippen MR) is 101 cm³/mol. The minimum Gasteiger partial charge on any atom is -0.506 e. The number of anilines is 1. The molecule has 0 spiro atoms. The molecule has 0 saturated heterocycles. The molecule has 0 aliphatic carbocycles. The topological polar surface area (TPSA) is 88.8 Å². The second-order valence-corrected chi connectivity index (χ2v) is 6.14. The molecule has 7 nitrogen and oxygen atoms in total. The van der Waals surface area contributed by atoms with Gasteiger partial charge in [-0.25, -0.2) is 9.37 Å². The first kappa shape index (κ1) is 17.7. The zero-order chi connectivity index (χ0) is 19.7. The van der Waals surface area contributed by atoms with Crippen molar-refractivity contribution in [3.05, 3.63) is 77.5 Å². The Morgan fingerprint density at radius 2 is 2.00 bits per heavy atom. The van der Waals surface area contributed by atoms with Gasteiger partial charge in [-0.15, -0.1) is 0 Å². The van der Waals surface area contributed by atoms with E-state index in [0.717, 1.165) is 0 Å². The molecular weight excluding hydrogens is 387 g/mol. The molecule has 140 valence electrons. The molecule has 2 heterocycles. The number of aromatic nitrogens is 3. The molecule has 4 rings (SSSR count). The number of aromatic hydroxyl groups is 1. The molecule has 2 N–H and O–H groups in total. The Balaban J connectivity index is 1.72. The Morgan fingerprint density at radius 1 is 1.21 bits per heavy atom. The average Bonchev–Trinajstić information content (AvgIpc) is 3.04. The first-order valence-electron chi connectivity index (χ1n) is 8.07. The molecule has 1 amide bonds. The molecule has 0 atom stereocenters.